The number of para-hydroxylation sites is 1. The van der Waals surface area contributed by atoms with Gasteiger partial charge in [-0.3, -0.25) is 4.79 Å². The Morgan fingerprint density at radius 3 is 2.25 bits per heavy atom. The van der Waals surface area contributed by atoms with Crippen LogP contribution < -0.4 is 15.1 Å². The SMILES string of the molecule is O=C(COc1ccc2ccc(=O)oc2c1)c1ccc(Oc2ccccc2)cc1. The highest BCUT2D eigenvalue weighted by Gasteiger charge is 2.08. The molecule has 0 aliphatic rings. The molecule has 0 unspecified atom stereocenters. The molecular weight excluding hydrogens is 356 g/mol. The first-order chi connectivity index (χ1) is 13.7. The highest BCUT2D eigenvalue weighted by atomic mass is 16.5. The van der Waals surface area contributed by atoms with Gasteiger partial charge in [0.25, 0.3) is 0 Å². The Morgan fingerprint density at radius 1 is 0.786 bits per heavy atom. The van der Waals surface area contributed by atoms with Crippen molar-refractivity contribution in [1.82, 2.24) is 0 Å². The van der Waals surface area contributed by atoms with Gasteiger partial charge in [0.15, 0.2) is 12.4 Å². The van der Waals surface area contributed by atoms with Crippen LogP contribution in [-0.4, -0.2) is 12.4 Å². The standard InChI is InChI=1S/C23H16O5/c24-21(15-26-20-12-8-17-9-13-23(25)28-22(17)14-20)16-6-10-19(11-7-16)27-18-4-2-1-3-5-18/h1-14H,15H2. The highest BCUT2D eigenvalue weighted by Crippen LogP contribution is 2.22. The van der Waals surface area contributed by atoms with Crippen LogP contribution in [0.25, 0.3) is 11.0 Å². The zero-order valence-electron chi connectivity index (χ0n) is 14.8. The second-order valence-electron chi connectivity index (χ2n) is 6.11. The Kier molecular flexibility index (Phi) is 4.89. The lowest BCUT2D eigenvalue weighted by Gasteiger charge is -2.08. The number of hydrogen-bond donors (Lipinski definition) is 0. The number of ketones is 1. The molecule has 28 heavy (non-hydrogen) atoms. The van der Waals surface area contributed by atoms with Crippen molar-refractivity contribution in [3.05, 3.63) is 101 Å². The van der Waals surface area contributed by atoms with Gasteiger partial charge in [-0.1, -0.05) is 18.2 Å². The molecule has 5 nitrogen and oxygen atoms in total. The second-order valence-corrected chi connectivity index (χ2v) is 6.11. The summed E-state index contributed by atoms with van der Waals surface area (Å²) in [5.74, 6) is 1.67. The average molecular weight is 372 g/mol. The summed E-state index contributed by atoms with van der Waals surface area (Å²) in [6, 6.07) is 24.4. The van der Waals surface area contributed by atoms with E-state index in [4.69, 9.17) is 13.9 Å². The molecule has 1 aromatic heterocycles. The molecule has 0 radical (unpaired) electrons. The van der Waals surface area contributed by atoms with Gasteiger partial charge in [0, 0.05) is 23.1 Å². The molecule has 1 heterocycles. The van der Waals surface area contributed by atoms with Crippen LogP contribution in [0.4, 0.5) is 0 Å². The molecule has 0 N–H and O–H groups in total. The number of Topliss-reactive ketones (excluding diaryl/α,β-unsaturated/α-hetero) is 1. The maximum Gasteiger partial charge on any atom is 0.336 e. The third-order valence-corrected chi connectivity index (χ3v) is 4.12. The van der Waals surface area contributed by atoms with Crippen LogP contribution in [0.3, 0.4) is 0 Å². The quantitative estimate of drug-likeness (QED) is 0.358. The van der Waals surface area contributed by atoms with E-state index in [1.54, 1.807) is 48.5 Å². The van der Waals surface area contributed by atoms with Crippen molar-refractivity contribution in [2.75, 3.05) is 6.61 Å². The van der Waals surface area contributed by atoms with Gasteiger partial charge in [-0.2, -0.15) is 0 Å². The minimum absolute atomic E-state index is 0.124. The minimum Gasteiger partial charge on any atom is -0.485 e. The molecule has 0 saturated carbocycles. The number of hydrogen-bond acceptors (Lipinski definition) is 5. The normalized spacial score (nSPS) is 10.6. The van der Waals surface area contributed by atoms with E-state index in [0.717, 1.165) is 11.1 Å². The summed E-state index contributed by atoms with van der Waals surface area (Å²) in [5, 5.41) is 0.785. The third kappa shape index (κ3) is 4.10. The molecule has 0 atom stereocenters. The van der Waals surface area contributed by atoms with Crippen LogP contribution in [-0.2, 0) is 0 Å². The van der Waals surface area contributed by atoms with Crippen LogP contribution >= 0.6 is 0 Å². The third-order valence-electron chi connectivity index (χ3n) is 4.12. The fraction of sp³-hybridized carbons (Fsp3) is 0.0435. The van der Waals surface area contributed by atoms with E-state index in [0.29, 0.717) is 22.6 Å². The molecule has 4 rings (SSSR count). The Morgan fingerprint density at radius 2 is 1.46 bits per heavy atom. The highest BCUT2D eigenvalue weighted by molar-refractivity contribution is 5.97. The summed E-state index contributed by atoms with van der Waals surface area (Å²) in [6.07, 6.45) is 0. The van der Waals surface area contributed by atoms with E-state index in [9.17, 15) is 9.59 Å². The van der Waals surface area contributed by atoms with Crippen molar-refractivity contribution in [1.29, 1.82) is 0 Å². The molecule has 0 aliphatic heterocycles. The molecule has 138 valence electrons. The Labute approximate surface area is 160 Å². The summed E-state index contributed by atoms with van der Waals surface area (Å²) in [4.78, 5) is 23.7. The maximum atomic E-state index is 12.4. The summed E-state index contributed by atoms with van der Waals surface area (Å²) in [6.45, 7) is -0.124. The monoisotopic (exact) mass is 372 g/mol. The second kappa shape index (κ2) is 7.80. The minimum atomic E-state index is -0.432. The van der Waals surface area contributed by atoms with Gasteiger partial charge in [-0.15, -0.1) is 0 Å². The number of fused-ring (bicyclic) bond motifs is 1. The van der Waals surface area contributed by atoms with Crippen molar-refractivity contribution in [3.63, 3.8) is 0 Å². The fourth-order valence-corrected chi connectivity index (χ4v) is 2.70. The smallest absolute Gasteiger partial charge is 0.336 e. The lowest BCUT2D eigenvalue weighted by molar-refractivity contribution is 0.0921. The van der Waals surface area contributed by atoms with Crippen molar-refractivity contribution in [2.24, 2.45) is 0 Å². The molecule has 4 aromatic rings. The molecule has 0 aliphatic carbocycles. The van der Waals surface area contributed by atoms with Crippen molar-refractivity contribution >= 4 is 16.8 Å². The number of rotatable bonds is 6. The van der Waals surface area contributed by atoms with Gasteiger partial charge in [-0.25, -0.2) is 4.79 Å². The first kappa shape index (κ1) is 17.5. The Bertz CT molecular complexity index is 1160. The lowest BCUT2D eigenvalue weighted by atomic mass is 10.1. The van der Waals surface area contributed by atoms with E-state index < -0.39 is 5.63 Å². The largest absolute Gasteiger partial charge is 0.485 e. The average Bonchev–Trinajstić information content (AvgIpc) is 2.73. The van der Waals surface area contributed by atoms with E-state index >= 15 is 0 Å². The molecule has 0 saturated heterocycles. The van der Waals surface area contributed by atoms with Crippen LogP contribution in [0.1, 0.15) is 10.4 Å². The molecule has 0 fully saturated rings. The molecule has 0 spiro atoms. The summed E-state index contributed by atoms with van der Waals surface area (Å²) < 4.78 is 16.4. The van der Waals surface area contributed by atoms with Crippen LogP contribution in [0.5, 0.6) is 17.2 Å². The predicted octanol–water partition coefficient (Wildman–Crippen LogP) is 4.85. The first-order valence-corrected chi connectivity index (χ1v) is 8.70. The van der Waals surface area contributed by atoms with E-state index in [1.165, 1.54) is 6.07 Å². The number of ether oxygens (including phenoxy) is 2. The number of benzene rings is 3. The molecule has 5 heteroatoms. The van der Waals surface area contributed by atoms with E-state index in [2.05, 4.69) is 0 Å². The summed E-state index contributed by atoms with van der Waals surface area (Å²) >= 11 is 0. The van der Waals surface area contributed by atoms with Crippen molar-refractivity contribution < 1.29 is 18.7 Å². The number of carbonyl (C=O) groups excluding carboxylic acids is 1. The van der Waals surface area contributed by atoms with Crippen LogP contribution in [0, 0.1) is 0 Å². The Balaban J connectivity index is 1.40. The molecule has 3 aromatic carbocycles. The van der Waals surface area contributed by atoms with Crippen LogP contribution in [0.15, 0.2) is 94.1 Å². The molecule has 0 amide bonds. The van der Waals surface area contributed by atoms with Crippen molar-refractivity contribution in [2.45, 2.75) is 0 Å². The zero-order valence-corrected chi connectivity index (χ0v) is 14.8. The van der Waals surface area contributed by atoms with Gasteiger partial charge >= 0.3 is 5.63 Å². The first-order valence-electron chi connectivity index (χ1n) is 8.70. The number of carbonyl (C=O) groups is 1. The van der Waals surface area contributed by atoms with Crippen molar-refractivity contribution in [3.8, 4) is 17.2 Å². The molecule has 0 bridgehead atoms. The topological polar surface area (TPSA) is 65.7 Å². The van der Waals surface area contributed by atoms with Gasteiger partial charge < -0.3 is 13.9 Å². The van der Waals surface area contributed by atoms with Gasteiger partial charge in [0.05, 0.1) is 0 Å². The van der Waals surface area contributed by atoms with Crippen LogP contribution in [0.2, 0.25) is 0 Å². The van der Waals surface area contributed by atoms with Gasteiger partial charge in [0.1, 0.15) is 22.8 Å². The predicted molar refractivity (Wildman–Crippen MR) is 105 cm³/mol. The summed E-state index contributed by atoms with van der Waals surface area (Å²) in [5.41, 5.74) is 0.506. The fourth-order valence-electron chi connectivity index (χ4n) is 2.70. The maximum absolute atomic E-state index is 12.4. The lowest BCUT2D eigenvalue weighted by Crippen LogP contribution is -2.11. The summed E-state index contributed by atoms with van der Waals surface area (Å²) in [7, 11) is 0. The van der Waals surface area contributed by atoms with E-state index in [-0.39, 0.29) is 12.4 Å². The van der Waals surface area contributed by atoms with Gasteiger partial charge in [-0.05, 0) is 54.6 Å². The zero-order chi connectivity index (χ0) is 19.3. The Hall–Kier alpha value is -3.86. The van der Waals surface area contributed by atoms with E-state index in [1.807, 2.05) is 30.3 Å². The van der Waals surface area contributed by atoms with Gasteiger partial charge in [0.2, 0.25) is 0 Å². The molecular formula is C23H16O5.